The van der Waals surface area contributed by atoms with Crippen molar-refractivity contribution in [2.24, 2.45) is 0 Å². The third-order valence-corrected chi connectivity index (χ3v) is 25.2. The fraction of sp³-hybridized carbons (Fsp3) is 0. The second-order valence-corrected chi connectivity index (χ2v) is 30.8. The van der Waals surface area contributed by atoms with Crippen LogP contribution in [0.2, 0.25) is 0 Å². The zero-order valence-electron chi connectivity index (χ0n) is 58.4. The van der Waals surface area contributed by atoms with Crippen molar-refractivity contribution in [1.29, 1.82) is 0 Å². The van der Waals surface area contributed by atoms with E-state index in [2.05, 4.69) is 394 Å². The molecule has 0 spiro atoms. The minimum atomic E-state index is 1.13. The predicted molar refractivity (Wildman–Crippen MR) is 462 cm³/mol. The van der Waals surface area contributed by atoms with Gasteiger partial charge in [-0.1, -0.05) is 237 Å². The number of aromatic nitrogens is 4. The number of hydrogen-bond donors (Lipinski definition) is 0. The summed E-state index contributed by atoms with van der Waals surface area (Å²) in [7, 11) is 0. The Labute approximate surface area is 629 Å². The van der Waals surface area contributed by atoms with Crippen molar-refractivity contribution in [1.82, 2.24) is 18.3 Å². The standard InChI is InChI=1S/C102H62N4S2/c1-4-22-64(23-5-1)75-28-10-11-29-76(75)88-60-74(62-90-81-34-16-21-39-100(81)108-102(88)90)106-97-49-44-66(54-86(97)87-58-70(48-53-98(87)106)69-46-51-95-84(56-69)78-31-13-18-36-92(78)104(95)72-26-8-3-9-27-72)63-40-42-65(43-41-63)82-59-73(61-89-80-33-15-20-38-99(80)107-101(82)89)105-93-37-19-14-32-79(93)85-57-68(47-52-96(85)105)67-45-50-94-83(55-67)77-30-12-17-35-91(77)103(94)71-24-6-2-7-25-71/h1-62H. The average Bonchev–Trinajstić information content (AvgIpc) is 1.73. The Balaban J connectivity index is 0.678. The summed E-state index contributed by atoms with van der Waals surface area (Å²) in [6.07, 6.45) is 0. The molecule has 0 N–H and O–H groups in total. The molecular weight excluding hydrogens is 1350 g/mol. The number of fused-ring (bicyclic) bond motifs is 18. The van der Waals surface area contributed by atoms with E-state index in [1.165, 1.54) is 172 Å². The molecular formula is C102H62N4S2. The first-order chi connectivity index (χ1) is 53.5. The molecule has 0 fully saturated rings. The van der Waals surface area contributed by atoms with E-state index in [0.29, 0.717) is 0 Å². The van der Waals surface area contributed by atoms with Crippen LogP contribution in [0.4, 0.5) is 0 Å². The minimum Gasteiger partial charge on any atom is -0.309 e. The van der Waals surface area contributed by atoms with Gasteiger partial charge in [0.05, 0.1) is 44.1 Å². The Morgan fingerprint density at radius 2 is 0.435 bits per heavy atom. The van der Waals surface area contributed by atoms with Crippen molar-refractivity contribution in [2.45, 2.75) is 0 Å². The summed E-state index contributed by atoms with van der Waals surface area (Å²) in [5.74, 6) is 0. The van der Waals surface area contributed by atoms with E-state index in [0.717, 1.165) is 44.9 Å². The highest BCUT2D eigenvalue weighted by Crippen LogP contribution is 2.49. The second-order valence-electron chi connectivity index (χ2n) is 28.6. The van der Waals surface area contributed by atoms with Crippen LogP contribution in [0.3, 0.4) is 0 Å². The highest BCUT2D eigenvalue weighted by Gasteiger charge is 2.24. The van der Waals surface area contributed by atoms with Crippen LogP contribution in [0.15, 0.2) is 376 Å². The van der Waals surface area contributed by atoms with Gasteiger partial charge in [0.25, 0.3) is 0 Å². The molecule has 0 amide bonds. The van der Waals surface area contributed by atoms with Gasteiger partial charge in [-0.3, -0.25) is 0 Å². The van der Waals surface area contributed by atoms with Gasteiger partial charge in [0.2, 0.25) is 0 Å². The molecule has 23 aromatic rings. The lowest BCUT2D eigenvalue weighted by molar-refractivity contribution is 1.18. The van der Waals surface area contributed by atoms with Crippen molar-refractivity contribution in [3.8, 4) is 89.5 Å². The van der Waals surface area contributed by atoms with Crippen LogP contribution < -0.4 is 0 Å². The van der Waals surface area contributed by atoms with Gasteiger partial charge in [-0.2, -0.15) is 0 Å². The molecule has 6 aromatic heterocycles. The van der Waals surface area contributed by atoms with Crippen LogP contribution in [0.1, 0.15) is 0 Å². The van der Waals surface area contributed by atoms with Gasteiger partial charge in [-0.05, 0) is 195 Å². The first-order valence-corrected chi connectivity index (χ1v) is 38.6. The molecule has 0 atom stereocenters. The molecule has 0 saturated heterocycles. The van der Waals surface area contributed by atoms with Gasteiger partial charge in [-0.15, -0.1) is 22.7 Å². The predicted octanol–water partition coefficient (Wildman–Crippen LogP) is 28.8. The van der Waals surface area contributed by atoms with E-state index < -0.39 is 0 Å². The number of rotatable bonds is 10. The maximum absolute atomic E-state index is 2.53. The summed E-state index contributed by atoms with van der Waals surface area (Å²) in [5.41, 5.74) is 28.3. The van der Waals surface area contributed by atoms with Crippen LogP contribution in [0, 0.1) is 0 Å². The highest BCUT2D eigenvalue weighted by atomic mass is 32.1. The third kappa shape index (κ3) is 9.34. The molecule has 17 aromatic carbocycles. The lowest BCUT2D eigenvalue weighted by Gasteiger charge is -2.15. The van der Waals surface area contributed by atoms with Crippen molar-refractivity contribution < 1.29 is 0 Å². The summed E-state index contributed by atoms with van der Waals surface area (Å²) in [5, 5.41) is 14.9. The molecule has 23 rings (SSSR count). The largest absolute Gasteiger partial charge is 0.309 e. The van der Waals surface area contributed by atoms with E-state index in [1.807, 2.05) is 22.7 Å². The van der Waals surface area contributed by atoms with Gasteiger partial charge in [0.15, 0.2) is 0 Å². The molecule has 0 bridgehead atoms. The second kappa shape index (κ2) is 24.0. The SMILES string of the molecule is c1ccc(-c2ccccc2-c2cc(-n3c4ccc(-c5ccc(-c6cc(-n7c8ccccc8c8cc(-c9ccc%10c(c9)c9ccccc9n%10-c9ccccc9)ccc87)cc7c6sc6ccccc67)cc5)cc4c4cc(-c5ccc6c(c5)c5ccccc5n6-c5ccccc5)ccc43)cc3c2sc2ccccc23)cc1. The molecule has 6 heterocycles. The van der Waals surface area contributed by atoms with E-state index in [4.69, 9.17) is 0 Å². The number of nitrogens with zero attached hydrogens (tertiary/aromatic N) is 4. The Bertz CT molecular complexity index is 7650. The van der Waals surface area contributed by atoms with Crippen LogP contribution >= 0.6 is 22.7 Å². The average molecular weight is 1410 g/mol. The number of benzene rings is 17. The van der Waals surface area contributed by atoms with Gasteiger partial charge in [0, 0.05) is 117 Å². The van der Waals surface area contributed by atoms with Gasteiger partial charge >= 0.3 is 0 Å². The van der Waals surface area contributed by atoms with Crippen molar-refractivity contribution >= 4 is 150 Å². The summed E-state index contributed by atoms with van der Waals surface area (Å²) in [6.45, 7) is 0. The lowest BCUT2D eigenvalue weighted by Crippen LogP contribution is -1.96. The normalized spacial score (nSPS) is 12.1. The Hall–Kier alpha value is -13.6. The Kier molecular flexibility index (Phi) is 13.5. The quantitative estimate of drug-likeness (QED) is 0.130. The van der Waals surface area contributed by atoms with Crippen LogP contribution in [-0.2, 0) is 0 Å². The van der Waals surface area contributed by atoms with Crippen LogP contribution in [0.5, 0.6) is 0 Å². The molecule has 6 heteroatoms. The van der Waals surface area contributed by atoms with E-state index >= 15 is 0 Å². The van der Waals surface area contributed by atoms with E-state index in [9.17, 15) is 0 Å². The fourth-order valence-corrected chi connectivity index (χ4v) is 20.3. The Morgan fingerprint density at radius 1 is 0.148 bits per heavy atom. The first-order valence-electron chi connectivity index (χ1n) is 37.0. The molecule has 0 unspecified atom stereocenters. The zero-order valence-corrected chi connectivity index (χ0v) is 60.0. The molecule has 0 aliphatic rings. The number of para-hydroxylation sites is 5. The molecule has 4 nitrogen and oxygen atoms in total. The molecule has 0 saturated carbocycles. The van der Waals surface area contributed by atoms with Gasteiger partial charge in [-0.25, -0.2) is 0 Å². The topological polar surface area (TPSA) is 19.7 Å². The smallest absolute Gasteiger partial charge is 0.0541 e. The highest BCUT2D eigenvalue weighted by molar-refractivity contribution is 7.26. The monoisotopic (exact) mass is 1410 g/mol. The molecule has 502 valence electrons. The zero-order chi connectivity index (χ0) is 70.7. The minimum absolute atomic E-state index is 1.13. The third-order valence-electron chi connectivity index (χ3n) is 22.8. The molecule has 0 aliphatic carbocycles. The number of hydrogen-bond acceptors (Lipinski definition) is 2. The van der Waals surface area contributed by atoms with E-state index in [1.54, 1.807) is 0 Å². The molecule has 0 radical (unpaired) electrons. The van der Waals surface area contributed by atoms with Crippen molar-refractivity contribution in [3.05, 3.63) is 376 Å². The van der Waals surface area contributed by atoms with Gasteiger partial charge < -0.3 is 18.3 Å². The van der Waals surface area contributed by atoms with E-state index in [-0.39, 0.29) is 0 Å². The van der Waals surface area contributed by atoms with Crippen molar-refractivity contribution in [2.75, 3.05) is 0 Å². The van der Waals surface area contributed by atoms with Crippen LogP contribution in [0.25, 0.3) is 217 Å². The first kappa shape index (κ1) is 60.8. The van der Waals surface area contributed by atoms with Gasteiger partial charge in [0.1, 0.15) is 0 Å². The fourth-order valence-electron chi connectivity index (χ4n) is 17.8. The lowest BCUT2D eigenvalue weighted by atomic mass is 9.93. The van der Waals surface area contributed by atoms with Crippen molar-refractivity contribution in [3.63, 3.8) is 0 Å². The summed E-state index contributed by atoms with van der Waals surface area (Å²) < 4.78 is 15.0. The van der Waals surface area contributed by atoms with Crippen LogP contribution in [-0.4, -0.2) is 18.3 Å². The maximum Gasteiger partial charge on any atom is 0.0541 e. The molecule has 0 aliphatic heterocycles. The Morgan fingerprint density at radius 3 is 0.870 bits per heavy atom. The maximum atomic E-state index is 2.53. The molecule has 108 heavy (non-hydrogen) atoms. The summed E-state index contributed by atoms with van der Waals surface area (Å²) in [6, 6.07) is 140. The summed E-state index contributed by atoms with van der Waals surface area (Å²) in [4.78, 5) is 0. The summed E-state index contributed by atoms with van der Waals surface area (Å²) >= 11 is 3.78. The number of thiophene rings is 2.